The number of carbonyl (C=O) groups excluding carboxylic acids is 2. The van der Waals surface area contributed by atoms with Crippen LogP contribution in [0.15, 0.2) is 0 Å². The van der Waals surface area contributed by atoms with Crippen molar-refractivity contribution in [2.24, 2.45) is 23.7 Å². The van der Waals surface area contributed by atoms with Crippen molar-refractivity contribution in [1.29, 1.82) is 0 Å². The van der Waals surface area contributed by atoms with Gasteiger partial charge >= 0.3 is 6.03 Å². The van der Waals surface area contributed by atoms with Gasteiger partial charge in [-0.25, -0.2) is 4.79 Å². The number of hydrogen-bond donors (Lipinski definition) is 1. The highest BCUT2D eigenvalue weighted by Gasteiger charge is 2.43. The zero-order valence-electron chi connectivity index (χ0n) is 10.3. The molecule has 4 nitrogen and oxygen atoms in total. The molecule has 0 spiro atoms. The minimum absolute atomic E-state index is 0.0632. The van der Waals surface area contributed by atoms with Crippen LogP contribution in [0.1, 0.15) is 32.6 Å². The molecule has 4 heteroatoms. The Kier molecular flexibility index (Phi) is 2.60. The first-order chi connectivity index (χ1) is 8.15. The second-order valence-corrected chi connectivity index (χ2v) is 5.94. The number of nitrogens with one attached hydrogen (secondary N) is 1. The van der Waals surface area contributed by atoms with Crippen molar-refractivity contribution in [3.63, 3.8) is 0 Å². The molecule has 2 saturated carbocycles. The van der Waals surface area contributed by atoms with E-state index in [0.29, 0.717) is 12.5 Å². The van der Waals surface area contributed by atoms with Gasteiger partial charge in [0, 0.05) is 13.1 Å². The van der Waals surface area contributed by atoms with Gasteiger partial charge < -0.3 is 4.90 Å². The van der Waals surface area contributed by atoms with Crippen molar-refractivity contribution in [3.05, 3.63) is 0 Å². The third kappa shape index (κ3) is 2.31. The molecule has 3 fully saturated rings. The molecule has 1 atom stereocenters. The van der Waals surface area contributed by atoms with Gasteiger partial charge in [0.1, 0.15) is 0 Å². The van der Waals surface area contributed by atoms with E-state index in [1.165, 1.54) is 25.7 Å². The molecule has 0 aromatic rings. The lowest BCUT2D eigenvalue weighted by Gasteiger charge is -2.33. The summed E-state index contributed by atoms with van der Waals surface area (Å²) in [4.78, 5) is 25.0. The average molecular weight is 236 g/mol. The van der Waals surface area contributed by atoms with Crippen molar-refractivity contribution >= 4 is 11.9 Å². The largest absolute Gasteiger partial charge is 0.324 e. The third-order valence-electron chi connectivity index (χ3n) is 4.35. The van der Waals surface area contributed by atoms with E-state index in [1.807, 2.05) is 11.8 Å². The van der Waals surface area contributed by atoms with Crippen LogP contribution in [0.3, 0.4) is 0 Å². The van der Waals surface area contributed by atoms with E-state index in [0.717, 1.165) is 18.4 Å². The molecule has 1 unspecified atom stereocenters. The highest BCUT2D eigenvalue weighted by atomic mass is 16.2. The maximum atomic E-state index is 11.8. The number of urea groups is 1. The lowest BCUT2D eigenvalue weighted by atomic mass is 9.96. The van der Waals surface area contributed by atoms with Gasteiger partial charge in [0.25, 0.3) is 0 Å². The maximum Gasteiger partial charge on any atom is 0.324 e. The first-order valence-corrected chi connectivity index (χ1v) is 6.75. The Balaban J connectivity index is 1.62. The molecule has 1 heterocycles. The molecule has 3 rings (SSSR count). The van der Waals surface area contributed by atoms with Crippen molar-refractivity contribution in [3.8, 4) is 0 Å². The van der Waals surface area contributed by atoms with E-state index in [4.69, 9.17) is 0 Å². The second-order valence-electron chi connectivity index (χ2n) is 5.94. The molecule has 0 radical (unpaired) electrons. The van der Waals surface area contributed by atoms with Gasteiger partial charge in [-0.2, -0.15) is 0 Å². The number of nitrogens with zero attached hydrogens (tertiary/aromatic N) is 1. The highest BCUT2D eigenvalue weighted by Crippen LogP contribution is 2.49. The Bertz CT molecular complexity index is 335. The summed E-state index contributed by atoms with van der Waals surface area (Å²) in [6.07, 6.45) is 5.35. The summed E-state index contributed by atoms with van der Waals surface area (Å²) in [5, 5.41) is 2.45. The predicted octanol–water partition coefficient (Wildman–Crippen LogP) is 1.61. The van der Waals surface area contributed by atoms with Gasteiger partial charge in [0.15, 0.2) is 0 Å². The number of hydrogen-bond acceptors (Lipinski definition) is 2. The molecular weight excluding hydrogens is 216 g/mol. The smallest absolute Gasteiger partial charge is 0.323 e. The van der Waals surface area contributed by atoms with Crippen molar-refractivity contribution < 1.29 is 9.59 Å². The summed E-state index contributed by atoms with van der Waals surface area (Å²) < 4.78 is 0. The molecular formula is C13H20N2O2. The molecule has 1 N–H and O–H groups in total. The topological polar surface area (TPSA) is 49.4 Å². The first-order valence-electron chi connectivity index (χ1n) is 6.75. The van der Waals surface area contributed by atoms with Crippen LogP contribution in [0.25, 0.3) is 0 Å². The van der Waals surface area contributed by atoms with Crippen LogP contribution in [0, 0.1) is 23.7 Å². The van der Waals surface area contributed by atoms with Gasteiger partial charge in [-0.05, 0) is 43.4 Å². The van der Waals surface area contributed by atoms with Gasteiger partial charge in [-0.1, -0.05) is 6.92 Å². The molecule has 3 amide bonds. The van der Waals surface area contributed by atoms with E-state index >= 15 is 0 Å². The number of rotatable bonds is 4. The first kappa shape index (κ1) is 11.1. The second kappa shape index (κ2) is 4.00. The quantitative estimate of drug-likeness (QED) is 0.806. The van der Waals surface area contributed by atoms with Crippen molar-refractivity contribution in [2.75, 3.05) is 13.1 Å². The van der Waals surface area contributed by atoms with Crippen LogP contribution in [-0.4, -0.2) is 29.9 Å². The fourth-order valence-corrected chi connectivity index (χ4v) is 2.95. The van der Waals surface area contributed by atoms with Crippen LogP contribution in [0.4, 0.5) is 4.79 Å². The monoisotopic (exact) mass is 236 g/mol. The Morgan fingerprint density at radius 2 is 1.82 bits per heavy atom. The fourth-order valence-electron chi connectivity index (χ4n) is 2.95. The van der Waals surface area contributed by atoms with E-state index in [9.17, 15) is 9.59 Å². The van der Waals surface area contributed by atoms with Gasteiger partial charge in [-0.15, -0.1) is 0 Å². The van der Waals surface area contributed by atoms with Gasteiger partial charge in [-0.3, -0.25) is 10.1 Å². The van der Waals surface area contributed by atoms with Crippen molar-refractivity contribution in [1.82, 2.24) is 10.2 Å². The standard InChI is InChI=1S/C13H20N2O2/c1-8-6-15(13(17)14-12(8)16)7-11(9-2-3-9)10-4-5-10/h8-11H,2-7H2,1H3,(H,14,16,17). The molecule has 0 aromatic carbocycles. The Labute approximate surface area is 102 Å². The lowest BCUT2D eigenvalue weighted by molar-refractivity contribution is -0.125. The molecule has 0 aromatic heterocycles. The van der Waals surface area contributed by atoms with Crippen LogP contribution in [0.2, 0.25) is 0 Å². The molecule has 0 bridgehead atoms. The minimum atomic E-state index is -0.181. The maximum absolute atomic E-state index is 11.8. The van der Waals surface area contributed by atoms with E-state index in [-0.39, 0.29) is 17.9 Å². The minimum Gasteiger partial charge on any atom is -0.323 e. The Hall–Kier alpha value is -1.06. The lowest BCUT2D eigenvalue weighted by Crippen LogP contribution is -2.55. The zero-order valence-corrected chi connectivity index (χ0v) is 10.3. The summed E-state index contributed by atoms with van der Waals surface area (Å²) in [6.45, 7) is 3.34. The summed E-state index contributed by atoms with van der Waals surface area (Å²) in [6, 6.07) is -0.181. The van der Waals surface area contributed by atoms with Crippen LogP contribution < -0.4 is 5.32 Å². The molecule has 1 aliphatic heterocycles. The normalized spacial score (nSPS) is 29.8. The average Bonchev–Trinajstić information content (AvgIpc) is 3.15. The fraction of sp³-hybridized carbons (Fsp3) is 0.846. The van der Waals surface area contributed by atoms with Crippen LogP contribution in [-0.2, 0) is 4.79 Å². The van der Waals surface area contributed by atoms with Gasteiger partial charge in [0.2, 0.25) is 5.91 Å². The molecule has 3 aliphatic rings. The number of amides is 3. The van der Waals surface area contributed by atoms with Crippen molar-refractivity contribution in [2.45, 2.75) is 32.6 Å². The Morgan fingerprint density at radius 3 is 2.35 bits per heavy atom. The van der Waals surface area contributed by atoms with Crippen LogP contribution >= 0.6 is 0 Å². The summed E-state index contributed by atoms with van der Waals surface area (Å²) in [7, 11) is 0. The molecule has 1 saturated heterocycles. The zero-order chi connectivity index (χ0) is 12.0. The summed E-state index contributed by atoms with van der Waals surface area (Å²) in [5.74, 6) is 2.21. The van der Waals surface area contributed by atoms with Crippen LogP contribution in [0.5, 0.6) is 0 Å². The molecule has 94 valence electrons. The molecule has 17 heavy (non-hydrogen) atoms. The summed E-state index contributed by atoms with van der Waals surface area (Å²) >= 11 is 0. The highest BCUT2D eigenvalue weighted by molar-refractivity contribution is 5.97. The third-order valence-corrected chi connectivity index (χ3v) is 4.35. The summed E-state index contributed by atoms with van der Waals surface area (Å²) in [5.41, 5.74) is 0. The predicted molar refractivity (Wildman–Crippen MR) is 63.2 cm³/mol. The molecule has 2 aliphatic carbocycles. The Morgan fingerprint density at radius 1 is 1.24 bits per heavy atom. The van der Waals surface area contributed by atoms with E-state index in [1.54, 1.807) is 0 Å². The number of carbonyl (C=O) groups is 2. The van der Waals surface area contributed by atoms with E-state index in [2.05, 4.69) is 5.32 Å². The van der Waals surface area contributed by atoms with Gasteiger partial charge in [0.05, 0.1) is 5.92 Å². The van der Waals surface area contributed by atoms with E-state index < -0.39 is 0 Å². The SMILES string of the molecule is CC1CN(CC(C2CC2)C2CC2)C(=O)NC1=O. The number of imide groups is 1.